The molecule has 0 aliphatic rings. The zero-order valence-corrected chi connectivity index (χ0v) is 11.3. The molecule has 0 amide bonds. The Hall–Kier alpha value is -1.82. The lowest BCUT2D eigenvalue weighted by molar-refractivity contribution is -0.137. The monoisotopic (exact) mass is 283 g/mol. The molecule has 0 saturated carbocycles. The molecule has 20 heavy (non-hydrogen) atoms. The smallest absolute Gasteiger partial charge is 0.319 e. The summed E-state index contributed by atoms with van der Waals surface area (Å²) in [7, 11) is 3.64. The molecule has 2 rings (SSSR count). The molecule has 0 aliphatic heterocycles. The number of benzene rings is 1. The van der Waals surface area contributed by atoms with Crippen molar-refractivity contribution in [3.05, 3.63) is 41.6 Å². The van der Waals surface area contributed by atoms with Gasteiger partial charge in [-0.15, -0.1) is 0 Å². The van der Waals surface area contributed by atoms with E-state index in [1.807, 2.05) is 7.05 Å². The first kappa shape index (κ1) is 14.6. The number of nitrogens with one attached hydrogen (secondary N) is 1. The zero-order chi connectivity index (χ0) is 14.8. The fourth-order valence-corrected chi connectivity index (χ4v) is 2.11. The number of likely N-dealkylation sites (N-methyl/N-ethyl adjacent to an activating group) is 1. The Morgan fingerprint density at radius 3 is 2.40 bits per heavy atom. The number of rotatable bonds is 4. The zero-order valence-electron chi connectivity index (χ0n) is 11.3. The number of nitrogens with zero attached hydrogens (tertiary/aromatic N) is 2. The summed E-state index contributed by atoms with van der Waals surface area (Å²) >= 11 is 0. The van der Waals surface area contributed by atoms with Crippen LogP contribution >= 0.6 is 0 Å². The van der Waals surface area contributed by atoms with E-state index in [0.717, 1.165) is 41.9 Å². The first-order valence-corrected chi connectivity index (χ1v) is 6.26. The Morgan fingerprint density at radius 1 is 1.20 bits per heavy atom. The summed E-state index contributed by atoms with van der Waals surface area (Å²) in [5.41, 5.74) is 1.97. The Bertz CT molecular complexity index is 570. The van der Waals surface area contributed by atoms with Crippen molar-refractivity contribution in [3.63, 3.8) is 0 Å². The average molecular weight is 283 g/mol. The van der Waals surface area contributed by atoms with E-state index in [9.17, 15) is 13.2 Å². The fourth-order valence-electron chi connectivity index (χ4n) is 2.11. The van der Waals surface area contributed by atoms with Crippen molar-refractivity contribution in [2.24, 2.45) is 7.05 Å². The summed E-state index contributed by atoms with van der Waals surface area (Å²) in [5.74, 6) is 0. The molecule has 108 valence electrons. The van der Waals surface area contributed by atoms with Gasteiger partial charge in [0.1, 0.15) is 0 Å². The minimum atomic E-state index is -4.31. The molecule has 2 aromatic rings. The molecule has 1 aromatic heterocycles. The quantitative estimate of drug-likeness (QED) is 0.935. The van der Waals surface area contributed by atoms with Crippen molar-refractivity contribution in [1.82, 2.24) is 15.1 Å². The van der Waals surface area contributed by atoms with Gasteiger partial charge in [-0.25, -0.2) is 0 Å². The van der Waals surface area contributed by atoms with Gasteiger partial charge in [0.2, 0.25) is 0 Å². The summed E-state index contributed by atoms with van der Waals surface area (Å²) in [4.78, 5) is 0. The van der Waals surface area contributed by atoms with Crippen LogP contribution in [0, 0.1) is 0 Å². The van der Waals surface area contributed by atoms with Crippen LogP contribution in [0.25, 0.3) is 11.3 Å². The van der Waals surface area contributed by atoms with Crippen LogP contribution in [0.15, 0.2) is 30.5 Å². The number of alkyl halides is 3. The lowest BCUT2D eigenvalue weighted by atomic mass is 10.0. The van der Waals surface area contributed by atoms with Crippen molar-refractivity contribution in [2.45, 2.75) is 12.6 Å². The summed E-state index contributed by atoms with van der Waals surface area (Å²) in [6.45, 7) is 0.791. The SMILES string of the molecule is CNCCc1cnn(C)c1-c1ccc(C(F)(F)F)cc1. The largest absolute Gasteiger partial charge is 0.416 e. The van der Waals surface area contributed by atoms with Gasteiger partial charge in [0, 0.05) is 12.6 Å². The van der Waals surface area contributed by atoms with E-state index in [2.05, 4.69) is 10.4 Å². The van der Waals surface area contributed by atoms with Crippen LogP contribution in [-0.4, -0.2) is 23.4 Å². The highest BCUT2D eigenvalue weighted by atomic mass is 19.4. The van der Waals surface area contributed by atoms with Crippen LogP contribution in [0.5, 0.6) is 0 Å². The van der Waals surface area contributed by atoms with Gasteiger partial charge in [-0.2, -0.15) is 18.3 Å². The van der Waals surface area contributed by atoms with E-state index in [1.165, 1.54) is 12.1 Å². The molecule has 0 bridgehead atoms. The van der Waals surface area contributed by atoms with Crippen molar-refractivity contribution < 1.29 is 13.2 Å². The Morgan fingerprint density at radius 2 is 1.85 bits per heavy atom. The lowest BCUT2D eigenvalue weighted by Crippen LogP contribution is -2.10. The third-order valence-corrected chi connectivity index (χ3v) is 3.14. The van der Waals surface area contributed by atoms with Crippen LogP contribution in [-0.2, 0) is 19.6 Å². The molecule has 0 atom stereocenters. The van der Waals surface area contributed by atoms with Gasteiger partial charge in [-0.1, -0.05) is 12.1 Å². The second-order valence-corrected chi connectivity index (χ2v) is 4.57. The van der Waals surface area contributed by atoms with Crippen LogP contribution in [0.4, 0.5) is 13.2 Å². The second kappa shape index (κ2) is 5.66. The third-order valence-electron chi connectivity index (χ3n) is 3.14. The summed E-state index contributed by atoms with van der Waals surface area (Å²) in [6, 6.07) is 5.18. The Kier molecular flexibility index (Phi) is 4.13. The molecule has 1 N–H and O–H groups in total. The highest BCUT2D eigenvalue weighted by Gasteiger charge is 2.30. The van der Waals surface area contributed by atoms with E-state index in [-0.39, 0.29) is 0 Å². The normalized spacial score (nSPS) is 11.8. The highest BCUT2D eigenvalue weighted by Crippen LogP contribution is 2.31. The fraction of sp³-hybridized carbons (Fsp3) is 0.357. The predicted molar refractivity (Wildman–Crippen MR) is 71.3 cm³/mol. The van der Waals surface area contributed by atoms with Gasteiger partial charge in [-0.05, 0) is 37.7 Å². The molecular formula is C14H16F3N3. The van der Waals surface area contributed by atoms with Crippen LogP contribution < -0.4 is 5.32 Å². The van der Waals surface area contributed by atoms with E-state index in [4.69, 9.17) is 0 Å². The van der Waals surface area contributed by atoms with Crippen molar-refractivity contribution in [3.8, 4) is 11.3 Å². The van der Waals surface area contributed by atoms with Gasteiger partial charge in [0.05, 0.1) is 17.5 Å². The van der Waals surface area contributed by atoms with Gasteiger partial charge < -0.3 is 5.32 Å². The molecule has 0 aliphatic carbocycles. The topological polar surface area (TPSA) is 29.9 Å². The van der Waals surface area contributed by atoms with Gasteiger partial charge in [-0.3, -0.25) is 4.68 Å². The molecule has 1 heterocycles. The summed E-state index contributed by atoms with van der Waals surface area (Å²) < 4.78 is 39.4. The third kappa shape index (κ3) is 3.01. The molecule has 0 radical (unpaired) electrons. The lowest BCUT2D eigenvalue weighted by Gasteiger charge is -2.09. The maximum absolute atomic E-state index is 12.6. The highest BCUT2D eigenvalue weighted by molar-refractivity contribution is 5.63. The van der Waals surface area contributed by atoms with Gasteiger partial charge in [0.15, 0.2) is 0 Å². The standard InChI is InChI=1S/C14H16F3N3/c1-18-8-7-11-9-19-20(2)13(11)10-3-5-12(6-4-10)14(15,16)17/h3-6,9,18H,7-8H2,1-2H3. The van der Waals surface area contributed by atoms with Crippen LogP contribution in [0.1, 0.15) is 11.1 Å². The first-order valence-electron chi connectivity index (χ1n) is 6.26. The number of hydrogen-bond donors (Lipinski definition) is 1. The van der Waals surface area contributed by atoms with E-state index in [1.54, 1.807) is 17.9 Å². The molecule has 1 aromatic carbocycles. The number of hydrogen-bond acceptors (Lipinski definition) is 2. The molecule has 6 heteroatoms. The molecule has 0 spiro atoms. The van der Waals surface area contributed by atoms with Gasteiger partial charge >= 0.3 is 6.18 Å². The number of halogens is 3. The minimum Gasteiger partial charge on any atom is -0.319 e. The molecular weight excluding hydrogens is 267 g/mol. The number of aromatic nitrogens is 2. The number of aryl methyl sites for hydroxylation is 1. The van der Waals surface area contributed by atoms with Crippen LogP contribution in [0.2, 0.25) is 0 Å². The van der Waals surface area contributed by atoms with E-state index < -0.39 is 11.7 Å². The molecule has 0 unspecified atom stereocenters. The maximum Gasteiger partial charge on any atom is 0.416 e. The van der Waals surface area contributed by atoms with Crippen molar-refractivity contribution in [1.29, 1.82) is 0 Å². The Balaban J connectivity index is 2.34. The Labute approximate surface area is 115 Å². The minimum absolute atomic E-state index is 0.639. The predicted octanol–water partition coefficient (Wildman–Crippen LogP) is 2.87. The molecule has 0 fully saturated rings. The van der Waals surface area contributed by atoms with Crippen molar-refractivity contribution >= 4 is 0 Å². The second-order valence-electron chi connectivity index (χ2n) is 4.57. The van der Waals surface area contributed by atoms with Gasteiger partial charge in [0.25, 0.3) is 0 Å². The molecule has 3 nitrogen and oxygen atoms in total. The van der Waals surface area contributed by atoms with E-state index in [0.29, 0.717) is 0 Å². The maximum atomic E-state index is 12.6. The van der Waals surface area contributed by atoms with E-state index >= 15 is 0 Å². The van der Waals surface area contributed by atoms with Crippen molar-refractivity contribution in [2.75, 3.05) is 13.6 Å². The first-order chi connectivity index (χ1) is 9.43. The van der Waals surface area contributed by atoms with Crippen LogP contribution in [0.3, 0.4) is 0 Å². The summed E-state index contributed by atoms with van der Waals surface area (Å²) in [6.07, 6.45) is -1.77. The molecule has 0 saturated heterocycles. The average Bonchev–Trinajstić information content (AvgIpc) is 2.76. The summed E-state index contributed by atoms with van der Waals surface area (Å²) in [5, 5.41) is 7.23.